The minimum Gasteiger partial charge on any atom is -0.496 e. The van der Waals surface area contributed by atoms with E-state index in [1.807, 2.05) is 0 Å². The van der Waals surface area contributed by atoms with Crippen LogP contribution in [0, 0.1) is 11.7 Å². The summed E-state index contributed by atoms with van der Waals surface area (Å²) in [5.74, 6) is -0.750. The first-order valence-electron chi connectivity index (χ1n) is 8.41. The first-order chi connectivity index (χ1) is 13.0. The molecule has 0 atom stereocenters. The van der Waals surface area contributed by atoms with E-state index in [1.54, 1.807) is 0 Å². The third kappa shape index (κ3) is 3.92. The molecule has 144 valence electrons. The predicted octanol–water partition coefficient (Wildman–Crippen LogP) is 1.16. The maximum Gasteiger partial charge on any atom is 0.279 e. The standard InChI is InChI=1S/C18H20FN3O5/c1-26-15-7-16(27-2)13(19)5-11(15)14-6-12(17(24)20-9-23)18(25)22(21-14)8-10-3-4-10/h5-7,10,23H,3-4,8-9H2,1-2H3,(H,20,24). The Bertz CT molecular complexity index is 924. The van der Waals surface area contributed by atoms with Crippen molar-refractivity contribution < 1.29 is 23.8 Å². The fraction of sp³-hybridized carbons (Fsp3) is 0.389. The van der Waals surface area contributed by atoms with Crippen LogP contribution in [0.2, 0.25) is 0 Å². The second kappa shape index (κ2) is 7.75. The molecule has 1 aromatic carbocycles. The number of methoxy groups -OCH3 is 2. The van der Waals surface area contributed by atoms with Crippen molar-refractivity contribution in [2.75, 3.05) is 21.0 Å². The zero-order valence-electron chi connectivity index (χ0n) is 15.0. The summed E-state index contributed by atoms with van der Waals surface area (Å²) in [5, 5.41) is 15.4. The van der Waals surface area contributed by atoms with Gasteiger partial charge >= 0.3 is 0 Å². The Hall–Kier alpha value is -2.94. The largest absolute Gasteiger partial charge is 0.496 e. The fourth-order valence-corrected chi connectivity index (χ4v) is 2.73. The number of carbonyl (C=O) groups excluding carboxylic acids is 1. The van der Waals surface area contributed by atoms with Crippen LogP contribution in [-0.4, -0.2) is 41.7 Å². The molecule has 1 saturated carbocycles. The number of halogens is 1. The molecule has 0 radical (unpaired) electrons. The Morgan fingerprint density at radius 1 is 1.30 bits per heavy atom. The van der Waals surface area contributed by atoms with Crippen molar-refractivity contribution in [2.45, 2.75) is 19.4 Å². The van der Waals surface area contributed by atoms with E-state index in [2.05, 4.69) is 10.4 Å². The average Bonchev–Trinajstić information content (AvgIpc) is 3.47. The lowest BCUT2D eigenvalue weighted by Crippen LogP contribution is -2.35. The maximum atomic E-state index is 14.2. The third-order valence-electron chi connectivity index (χ3n) is 4.34. The van der Waals surface area contributed by atoms with Crippen LogP contribution < -0.4 is 20.3 Å². The lowest BCUT2D eigenvalue weighted by molar-refractivity contribution is 0.0907. The third-order valence-corrected chi connectivity index (χ3v) is 4.34. The van der Waals surface area contributed by atoms with Crippen LogP contribution in [0.3, 0.4) is 0 Å². The smallest absolute Gasteiger partial charge is 0.279 e. The maximum absolute atomic E-state index is 14.2. The lowest BCUT2D eigenvalue weighted by Gasteiger charge is -2.14. The number of nitrogens with one attached hydrogen (secondary N) is 1. The SMILES string of the molecule is COc1cc(OC)c(-c2cc(C(=O)NCO)c(=O)n(CC3CC3)n2)cc1F. The van der Waals surface area contributed by atoms with Gasteiger partial charge < -0.3 is 19.9 Å². The van der Waals surface area contributed by atoms with Crippen molar-refractivity contribution in [1.82, 2.24) is 15.1 Å². The Kier molecular flexibility index (Phi) is 5.41. The number of carbonyl (C=O) groups is 1. The van der Waals surface area contributed by atoms with Gasteiger partial charge in [-0.25, -0.2) is 9.07 Å². The van der Waals surface area contributed by atoms with Crippen LogP contribution in [0.5, 0.6) is 11.5 Å². The number of nitrogens with zero attached hydrogens (tertiary/aromatic N) is 2. The van der Waals surface area contributed by atoms with E-state index >= 15 is 0 Å². The Morgan fingerprint density at radius 2 is 2.00 bits per heavy atom. The second-order valence-corrected chi connectivity index (χ2v) is 6.22. The first kappa shape index (κ1) is 18.8. The molecule has 27 heavy (non-hydrogen) atoms. The molecule has 1 aromatic heterocycles. The summed E-state index contributed by atoms with van der Waals surface area (Å²) in [5.41, 5.74) is -0.271. The van der Waals surface area contributed by atoms with E-state index in [4.69, 9.17) is 14.6 Å². The van der Waals surface area contributed by atoms with Crippen molar-refractivity contribution >= 4 is 5.91 Å². The molecular formula is C18H20FN3O5. The second-order valence-electron chi connectivity index (χ2n) is 6.22. The van der Waals surface area contributed by atoms with Gasteiger partial charge in [0.15, 0.2) is 11.6 Å². The van der Waals surface area contributed by atoms with Gasteiger partial charge in [0.25, 0.3) is 11.5 Å². The number of aromatic nitrogens is 2. The zero-order valence-corrected chi connectivity index (χ0v) is 15.0. The molecular weight excluding hydrogens is 357 g/mol. The van der Waals surface area contributed by atoms with Crippen LogP contribution in [-0.2, 0) is 6.54 Å². The molecule has 1 fully saturated rings. The molecule has 0 unspecified atom stereocenters. The molecule has 0 aliphatic heterocycles. The van der Waals surface area contributed by atoms with Crippen LogP contribution in [0.25, 0.3) is 11.3 Å². The number of aliphatic hydroxyl groups is 1. The molecule has 8 nitrogen and oxygen atoms in total. The number of amides is 1. The van der Waals surface area contributed by atoms with Gasteiger partial charge in [-0.2, -0.15) is 5.10 Å². The normalized spacial score (nSPS) is 13.3. The molecule has 1 aliphatic rings. The minimum absolute atomic E-state index is 0.000138. The highest BCUT2D eigenvalue weighted by Crippen LogP contribution is 2.35. The van der Waals surface area contributed by atoms with Crippen LogP contribution in [0.15, 0.2) is 23.0 Å². The van der Waals surface area contributed by atoms with E-state index in [9.17, 15) is 14.0 Å². The van der Waals surface area contributed by atoms with E-state index in [-0.39, 0.29) is 28.3 Å². The number of rotatable bonds is 7. The number of benzene rings is 1. The molecule has 2 N–H and O–H groups in total. The minimum atomic E-state index is -0.733. The van der Waals surface area contributed by atoms with Crippen molar-refractivity contribution in [3.8, 4) is 22.8 Å². The van der Waals surface area contributed by atoms with Crippen molar-refractivity contribution in [3.05, 3.63) is 39.9 Å². The van der Waals surface area contributed by atoms with E-state index in [0.717, 1.165) is 12.8 Å². The average molecular weight is 377 g/mol. The zero-order chi connectivity index (χ0) is 19.6. The van der Waals surface area contributed by atoms with Crippen LogP contribution >= 0.6 is 0 Å². The van der Waals surface area contributed by atoms with E-state index in [0.29, 0.717) is 12.5 Å². The molecule has 3 rings (SSSR count). The highest BCUT2D eigenvalue weighted by Gasteiger charge is 2.25. The molecule has 0 spiro atoms. The van der Waals surface area contributed by atoms with Gasteiger partial charge in [0.1, 0.15) is 18.0 Å². The molecule has 0 bridgehead atoms. The van der Waals surface area contributed by atoms with Gasteiger partial charge in [-0.1, -0.05) is 0 Å². The summed E-state index contributed by atoms with van der Waals surface area (Å²) >= 11 is 0. The summed E-state index contributed by atoms with van der Waals surface area (Å²) in [4.78, 5) is 24.8. The fourth-order valence-electron chi connectivity index (χ4n) is 2.73. The van der Waals surface area contributed by atoms with Gasteiger partial charge in [0.05, 0.1) is 19.9 Å². The van der Waals surface area contributed by atoms with Gasteiger partial charge in [0.2, 0.25) is 0 Å². The van der Waals surface area contributed by atoms with Crippen molar-refractivity contribution in [1.29, 1.82) is 0 Å². The Labute approximate surface area is 154 Å². The summed E-state index contributed by atoms with van der Waals surface area (Å²) in [6.07, 6.45) is 1.97. The molecule has 1 heterocycles. The summed E-state index contributed by atoms with van der Waals surface area (Å²) < 4.78 is 25.7. The summed E-state index contributed by atoms with van der Waals surface area (Å²) in [6.45, 7) is -0.244. The summed E-state index contributed by atoms with van der Waals surface area (Å²) in [7, 11) is 2.75. The quantitative estimate of drug-likeness (QED) is 0.702. The lowest BCUT2D eigenvalue weighted by atomic mass is 10.1. The molecule has 9 heteroatoms. The molecule has 2 aromatic rings. The number of aliphatic hydroxyl groups excluding tert-OH is 1. The summed E-state index contributed by atoms with van der Waals surface area (Å²) in [6, 6.07) is 3.82. The first-order valence-corrected chi connectivity index (χ1v) is 8.41. The number of ether oxygens (including phenoxy) is 2. The topological polar surface area (TPSA) is 103 Å². The molecule has 1 aliphatic carbocycles. The number of hydrogen-bond acceptors (Lipinski definition) is 6. The van der Waals surface area contributed by atoms with Crippen molar-refractivity contribution in [3.63, 3.8) is 0 Å². The van der Waals surface area contributed by atoms with Gasteiger partial charge in [-0.05, 0) is 30.9 Å². The monoisotopic (exact) mass is 377 g/mol. The van der Waals surface area contributed by atoms with Gasteiger partial charge in [-0.3, -0.25) is 9.59 Å². The highest BCUT2D eigenvalue weighted by molar-refractivity contribution is 5.94. The van der Waals surface area contributed by atoms with E-state index < -0.39 is 24.0 Å². The molecule has 0 saturated heterocycles. The van der Waals surface area contributed by atoms with Gasteiger partial charge in [0, 0.05) is 18.2 Å². The highest BCUT2D eigenvalue weighted by atomic mass is 19.1. The predicted molar refractivity (Wildman–Crippen MR) is 94.3 cm³/mol. The Balaban J connectivity index is 2.17. The van der Waals surface area contributed by atoms with Crippen molar-refractivity contribution in [2.24, 2.45) is 5.92 Å². The van der Waals surface area contributed by atoms with Crippen LogP contribution in [0.1, 0.15) is 23.2 Å². The van der Waals surface area contributed by atoms with Gasteiger partial charge in [-0.15, -0.1) is 0 Å². The van der Waals surface area contributed by atoms with Crippen LogP contribution in [0.4, 0.5) is 4.39 Å². The molecule has 1 amide bonds. The Morgan fingerprint density at radius 3 is 2.59 bits per heavy atom. The van der Waals surface area contributed by atoms with E-state index in [1.165, 1.54) is 37.1 Å². The number of hydrogen-bond donors (Lipinski definition) is 2.